The van der Waals surface area contributed by atoms with Crippen molar-refractivity contribution in [2.75, 3.05) is 36.6 Å². The molecule has 2 aromatic heterocycles. The first-order chi connectivity index (χ1) is 15.3. The number of alkyl halides is 2. The summed E-state index contributed by atoms with van der Waals surface area (Å²) in [7, 11) is 0. The van der Waals surface area contributed by atoms with Gasteiger partial charge >= 0.3 is 0 Å². The monoisotopic (exact) mass is 511 g/mol. The summed E-state index contributed by atoms with van der Waals surface area (Å²) in [6.07, 6.45) is -1.28. The van der Waals surface area contributed by atoms with Gasteiger partial charge in [-0.1, -0.05) is 18.2 Å². The predicted octanol–water partition coefficient (Wildman–Crippen LogP) is 4.08. The summed E-state index contributed by atoms with van der Waals surface area (Å²) in [6.45, 7) is 5.39. The lowest BCUT2D eigenvalue weighted by atomic mass is 10.0. The molecule has 1 atom stereocenters. The average Bonchev–Trinajstić information content (AvgIpc) is 2.77. The SMILES string of the molecule is Cc1nc(N[C@H](C)c2cccc(C(F)F)c2F)c2cn(N3CCOCC3)c(=O)c(Br)c2n1. The van der Waals surface area contributed by atoms with Crippen LogP contribution in [0.2, 0.25) is 0 Å². The molecule has 1 aliphatic heterocycles. The highest BCUT2D eigenvalue weighted by molar-refractivity contribution is 9.10. The van der Waals surface area contributed by atoms with Crippen LogP contribution in [0.25, 0.3) is 10.9 Å². The molecular weight excluding hydrogens is 491 g/mol. The van der Waals surface area contributed by atoms with Crippen molar-refractivity contribution in [3.63, 3.8) is 0 Å². The number of nitrogens with one attached hydrogen (secondary N) is 1. The number of ether oxygens (including phenoxy) is 1. The first kappa shape index (κ1) is 22.5. The lowest BCUT2D eigenvalue weighted by molar-refractivity contribution is 0.110. The second kappa shape index (κ2) is 9.07. The minimum Gasteiger partial charge on any atom is -0.378 e. The van der Waals surface area contributed by atoms with Crippen LogP contribution in [0.4, 0.5) is 19.0 Å². The molecule has 0 bridgehead atoms. The highest BCUT2D eigenvalue weighted by atomic mass is 79.9. The van der Waals surface area contributed by atoms with Crippen molar-refractivity contribution >= 4 is 32.7 Å². The van der Waals surface area contributed by atoms with Gasteiger partial charge in [-0.3, -0.25) is 4.79 Å². The van der Waals surface area contributed by atoms with Gasteiger partial charge in [0.15, 0.2) is 0 Å². The summed E-state index contributed by atoms with van der Waals surface area (Å²) >= 11 is 3.36. The van der Waals surface area contributed by atoms with Crippen molar-refractivity contribution < 1.29 is 17.9 Å². The fourth-order valence-electron chi connectivity index (χ4n) is 3.70. The van der Waals surface area contributed by atoms with Gasteiger partial charge in [0.2, 0.25) is 0 Å². The van der Waals surface area contributed by atoms with E-state index >= 15 is 0 Å². The minimum atomic E-state index is -2.91. The van der Waals surface area contributed by atoms with Crippen LogP contribution >= 0.6 is 15.9 Å². The van der Waals surface area contributed by atoms with Gasteiger partial charge < -0.3 is 15.1 Å². The summed E-state index contributed by atoms with van der Waals surface area (Å²) < 4.78 is 48.1. The molecule has 4 rings (SSSR count). The normalized spacial score (nSPS) is 15.4. The molecule has 1 aromatic carbocycles. The lowest BCUT2D eigenvalue weighted by Crippen LogP contribution is -2.48. The number of rotatable bonds is 5. The van der Waals surface area contributed by atoms with Crippen LogP contribution < -0.4 is 15.9 Å². The van der Waals surface area contributed by atoms with Gasteiger partial charge in [-0.25, -0.2) is 27.8 Å². The van der Waals surface area contributed by atoms with Gasteiger partial charge in [0.25, 0.3) is 12.0 Å². The summed E-state index contributed by atoms with van der Waals surface area (Å²) in [5.74, 6) is -0.188. The van der Waals surface area contributed by atoms with Gasteiger partial charge in [0.1, 0.15) is 21.9 Å². The third-order valence-electron chi connectivity index (χ3n) is 5.32. The fourth-order valence-corrected chi connectivity index (χ4v) is 4.18. The molecule has 1 fully saturated rings. The number of halogens is 4. The molecule has 32 heavy (non-hydrogen) atoms. The molecule has 0 amide bonds. The average molecular weight is 512 g/mol. The van der Waals surface area contributed by atoms with Gasteiger partial charge in [-0.05, 0) is 29.8 Å². The minimum absolute atomic E-state index is 0.0905. The maximum absolute atomic E-state index is 14.7. The Balaban J connectivity index is 1.79. The molecule has 170 valence electrons. The van der Waals surface area contributed by atoms with E-state index in [1.165, 1.54) is 16.8 Å². The number of pyridine rings is 1. The molecule has 0 aliphatic carbocycles. The van der Waals surface area contributed by atoms with Crippen LogP contribution in [0.1, 0.15) is 36.3 Å². The number of aromatic nitrogens is 3. The summed E-state index contributed by atoms with van der Waals surface area (Å²) in [4.78, 5) is 21.8. The third-order valence-corrected chi connectivity index (χ3v) is 6.03. The molecule has 0 saturated carbocycles. The number of benzene rings is 1. The van der Waals surface area contributed by atoms with Crippen molar-refractivity contribution in [3.8, 4) is 0 Å². The second-order valence-electron chi connectivity index (χ2n) is 7.46. The van der Waals surface area contributed by atoms with Crippen molar-refractivity contribution in [1.29, 1.82) is 0 Å². The molecule has 3 aromatic rings. The van der Waals surface area contributed by atoms with Crippen LogP contribution in [-0.4, -0.2) is 40.9 Å². The number of hydrogen-bond donors (Lipinski definition) is 1. The molecule has 1 N–H and O–H groups in total. The molecule has 0 spiro atoms. The van der Waals surface area contributed by atoms with Crippen LogP contribution in [0.5, 0.6) is 0 Å². The Bertz CT molecular complexity index is 1210. The summed E-state index contributed by atoms with van der Waals surface area (Å²) in [5.41, 5.74) is -0.424. The number of morpholine rings is 1. The van der Waals surface area contributed by atoms with Crippen LogP contribution in [0, 0.1) is 12.7 Å². The Morgan fingerprint density at radius 1 is 1.19 bits per heavy atom. The smallest absolute Gasteiger partial charge is 0.285 e. The lowest BCUT2D eigenvalue weighted by Gasteiger charge is -2.30. The van der Waals surface area contributed by atoms with Crippen molar-refractivity contribution in [2.24, 2.45) is 0 Å². The topological polar surface area (TPSA) is 72.3 Å². The van der Waals surface area contributed by atoms with E-state index in [4.69, 9.17) is 4.74 Å². The molecule has 0 radical (unpaired) electrons. The molecule has 1 saturated heterocycles. The first-order valence-electron chi connectivity index (χ1n) is 10.0. The van der Waals surface area contributed by atoms with E-state index in [0.717, 1.165) is 6.07 Å². The van der Waals surface area contributed by atoms with E-state index in [2.05, 4.69) is 31.2 Å². The van der Waals surface area contributed by atoms with Crippen LogP contribution in [-0.2, 0) is 4.74 Å². The Morgan fingerprint density at radius 3 is 2.56 bits per heavy atom. The van der Waals surface area contributed by atoms with Gasteiger partial charge in [0.05, 0.1) is 48.8 Å². The van der Waals surface area contributed by atoms with Crippen molar-refractivity contribution in [3.05, 3.63) is 62.0 Å². The van der Waals surface area contributed by atoms with Gasteiger partial charge in [0, 0.05) is 11.8 Å². The molecule has 7 nitrogen and oxygen atoms in total. The standard InChI is InChI=1S/C21H21BrF3N5O2/c1-11(13-4-3-5-14(17(13)23)19(24)25)26-20-15-10-30(29-6-8-32-9-7-29)21(31)16(22)18(15)27-12(2)28-20/h3-5,10-11,19H,6-9H2,1-2H3,(H,26,27,28)/t11-/m1/s1. The Kier molecular flexibility index (Phi) is 6.38. The number of hydrogen-bond acceptors (Lipinski definition) is 6. The Morgan fingerprint density at radius 2 is 1.88 bits per heavy atom. The van der Waals surface area contributed by atoms with Crippen molar-refractivity contribution in [1.82, 2.24) is 14.6 Å². The molecule has 1 aliphatic rings. The van der Waals surface area contributed by atoms with E-state index in [1.54, 1.807) is 20.0 Å². The van der Waals surface area contributed by atoms with Gasteiger partial charge in [-0.2, -0.15) is 0 Å². The quantitative estimate of drug-likeness (QED) is 0.556. The molecule has 0 unspecified atom stereocenters. The predicted molar refractivity (Wildman–Crippen MR) is 118 cm³/mol. The summed E-state index contributed by atoms with van der Waals surface area (Å²) in [5, 5.41) is 5.50. The highest BCUT2D eigenvalue weighted by Gasteiger charge is 2.22. The number of anilines is 1. The zero-order chi connectivity index (χ0) is 23.0. The highest BCUT2D eigenvalue weighted by Crippen LogP contribution is 2.31. The Hall–Kier alpha value is -2.66. The van der Waals surface area contributed by atoms with E-state index in [0.29, 0.717) is 48.8 Å². The van der Waals surface area contributed by atoms with Gasteiger partial charge in [-0.15, -0.1) is 0 Å². The molecular formula is C21H21BrF3N5O2. The number of nitrogens with zero attached hydrogens (tertiary/aromatic N) is 4. The second-order valence-corrected chi connectivity index (χ2v) is 8.25. The number of aryl methyl sites for hydroxylation is 1. The zero-order valence-corrected chi connectivity index (χ0v) is 19.0. The van der Waals surface area contributed by atoms with E-state index in [-0.39, 0.29) is 15.6 Å². The van der Waals surface area contributed by atoms with Crippen LogP contribution in [0.15, 0.2) is 33.7 Å². The zero-order valence-electron chi connectivity index (χ0n) is 17.4. The Labute approximate surface area is 190 Å². The molecule has 3 heterocycles. The van der Waals surface area contributed by atoms with Crippen LogP contribution in [0.3, 0.4) is 0 Å². The molecule has 11 heteroatoms. The van der Waals surface area contributed by atoms with E-state index in [9.17, 15) is 18.0 Å². The maximum Gasteiger partial charge on any atom is 0.285 e. The largest absolute Gasteiger partial charge is 0.378 e. The summed E-state index contributed by atoms with van der Waals surface area (Å²) in [6, 6.07) is 3.25. The van der Waals surface area contributed by atoms with E-state index < -0.39 is 23.8 Å². The van der Waals surface area contributed by atoms with Crippen molar-refractivity contribution in [2.45, 2.75) is 26.3 Å². The number of fused-ring (bicyclic) bond motifs is 1. The maximum atomic E-state index is 14.7. The van der Waals surface area contributed by atoms with E-state index in [1.807, 2.05) is 5.01 Å². The first-order valence-corrected chi connectivity index (χ1v) is 10.8. The third kappa shape index (κ3) is 4.18. The fraction of sp³-hybridized carbons (Fsp3) is 0.381.